The molecule has 4 nitrogen and oxygen atoms in total. The predicted molar refractivity (Wildman–Crippen MR) is 50.4 cm³/mol. The number of aryl methyl sites for hydroxylation is 1. The van der Waals surface area contributed by atoms with Gasteiger partial charge in [0.1, 0.15) is 5.69 Å². The van der Waals surface area contributed by atoms with Crippen LogP contribution in [0.1, 0.15) is 17.4 Å². The van der Waals surface area contributed by atoms with Crippen LogP contribution in [0.25, 0.3) is 0 Å². The minimum atomic E-state index is -0.163. The van der Waals surface area contributed by atoms with Crippen molar-refractivity contribution >= 4 is 5.91 Å². The molecule has 1 aromatic heterocycles. The Bertz CT molecular complexity index is 327. The van der Waals surface area contributed by atoms with Crippen LogP contribution in [0.4, 0.5) is 0 Å². The molecule has 1 N–H and O–H groups in total. The van der Waals surface area contributed by atoms with E-state index in [1.165, 1.54) is 0 Å². The van der Waals surface area contributed by atoms with Gasteiger partial charge in [-0.2, -0.15) is 0 Å². The molecular formula is C9H13N3O. The summed E-state index contributed by atoms with van der Waals surface area (Å²) in [5.74, 6) is -0.163. The van der Waals surface area contributed by atoms with Crippen LogP contribution in [0, 0.1) is 0 Å². The zero-order valence-electron chi connectivity index (χ0n) is 7.87. The van der Waals surface area contributed by atoms with Crippen LogP contribution in [0.2, 0.25) is 0 Å². The molecule has 0 fully saturated rings. The largest absolute Gasteiger partial charge is 0.347 e. The van der Waals surface area contributed by atoms with Crippen LogP contribution in [-0.2, 0) is 7.05 Å². The van der Waals surface area contributed by atoms with E-state index in [-0.39, 0.29) is 5.91 Å². The van der Waals surface area contributed by atoms with Crippen LogP contribution in [-0.4, -0.2) is 22.0 Å². The average molecular weight is 179 g/mol. The lowest BCUT2D eigenvalue weighted by Crippen LogP contribution is -2.25. The van der Waals surface area contributed by atoms with Crippen molar-refractivity contribution in [3.05, 3.63) is 30.4 Å². The molecule has 0 atom stereocenters. The third kappa shape index (κ3) is 2.74. The maximum Gasteiger partial charge on any atom is 0.271 e. The van der Waals surface area contributed by atoms with E-state index in [4.69, 9.17) is 0 Å². The van der Waals surface area contributed by atoms with Crippen LogP contribution in [0.15, 0.2) is 24.7 Å². The number of carbonyl (C=O) groups excluding carboxylic acids is 1. The van der Waals surface area contributed by atoms with E-state index < -0.39 is 0 Å². The zero-order chi connectivity index (χ0) is 9.84. The molecular weight excluding hydrogens is 166 g/mol. The highest BCUT2D eigenvalue weighted by molar-refractivity contribution is 5.92. The fourth-order valence-corrected chi connectivity index (χ4v) is 0.852. The van der Waals surface area contributed by atoms with Gasteiger partial charge in [0.05, 0.1) is 6.33 Å². The number of hydrogen-bond acceptors (Lipinski definition) is 2. The Labute approximate surface area is 77.3 Å². The van der Waals surface area contributed by atoms with Gasteiger partial charge in [0, 0.05) is 19.8 Å². The Morgan fingerprint density at radius 3 is 2.92 bits per heavy atom. The molecule has 1 aromatic rings. The van der Waals surface area contributed by atoms with Crippen molar-refractivity contribution in [3.63, 3.8) is 0 Å². The first-order valence-electron chi connectivity index (χ1n) is 4.00. The van der Waals surface area contributed by atoms with Crippen molar-refractivity contribution in [2.75, 3.05) is 6.54 Å². The molecule has 13 heavy (non-hydrogen) atoms. The lowest BCUT2D eigenvalue weighted by atomic mass is 10.3. The summed E-state index contributed by atoms with van der Waals surface area (Å²) in [5, 5.41) is 2.70. The third-order valence-corrected chi connectivity index (χ3v) is 1.49. The Morgan fingerprint density at radius 2 is 2.46 bits per heavy atom. The highest BCUT2D eigenvalue weighted by atomic mass is 16.1. The zero-order valence-corrected chi connectivity index (χ0v) is 7.87. The molecule has 70 valence electrons. The van der Waals surface area contributed by atoms with Crippen molar-refractivity contribution in [2.45, 2.75) is 6.92 Å². The Balaban J connectivity index is 2.54. The maximum atomic E-state index is 11.3. The van der Waals surface area contributed by atoms with Gasteiger partial charge in [-0.05, 0) is 6.92 Å². The smallest absolute Gasteiger partial charge is 0.271 e. The van der Waals surface area contributed by atoms with E-state index in [2.05, 4.69) is 16.9 Å². The van der Waals surface area contributed by atoms with Gasteiger partial charge in [-0.3, -0.25) is 4.79 Å². The summed E-state index contributed by atoms with van der Waals surface area (Å²) < 4.78 is 1.73. The number of aromatic nitrogens is 2. The molecule has 0 spiro atoms. The molecule has 0 saturated carbocycles. The summed E-state index contributed by atoms with van der Waals surface area (Å²) in [7, 11) is 1.82. The summed E-state index contributed by atoms with van der Waals surface area (Å²) in [4.78, 5) is 15.2. The molecule has 0 aliphatic carbocycles. The second-order valence-electron chi connectivity index (χ2n) is 3.06. The Hall–Kier alpha value is -1.58. The van der Waals surface area contributed by atoms with E-state index >= 15 is 0 Å². The molecule has 1 amide bonds. The van der Waals surface area contributed by atoms with E-state index in [9.17, 15) is 4.79 Å². The van der Waals surface area contributed by atoms with Crippen molar-refractivity contribution in [1.82, 2.24) is 14.9 Å². The summed E-state index contributed by atoms with van der Waals surface area (Å²) in [6.07, 6.45) is 3.27. The van der Waals surface area contributed by atoms with Crippen molar-refractivity contribution in [2.24, 2.45) is 7.05 Å². The Morgan fingerprint density at radius 1 is 1.77 bits per heavy atom. The van der Waals surface area contributed by atoms with Crippen LogP contribution in [0.3, 0.4) is 0 Å². The van der Waals surface area contributed by atoms with E-state index in [1.54, 1.807) is 17.1 Å². The molecule has 0 radical (unpaired) electrons. The second-order valence-corrected chi connectivity index (χ2v) is 3.06. The molecule has 0 aliphatic heterocycles. The normalized spacial score (nSPS) is 9.69. The highest BCUT2D eigenvalue weighted by Gasteiger charge is 2.06. The molecule has 0 unspecified atom stereocenters. The first kappa shape index (κ1) is 9.51. The number of nitrogens with zero attached hydrogens (tertiary/aromatic N) is 2. The molecule has 0 aliphatic rings. The number of nitrogens with one attached hydrogen (secondary N) is 1. The second kappa shape index (κ2) is 3.89. The average Bonchev–Trinajstić information content (AvgIpc) is 2.47. The van der Waals surface area contributed by atoms with Gasteiger partial charge in [0.2, 0.25) is 0 Å². The summed E-state index contributed by atoms with van der Waals surface area (Å²) in [6, 6.07) is 0. The molecule has 0 bridgehead atoms. The van der Waals surface area contributed by atoms with E-state index in [0.29, 0.717) is 12.2 Å². The molecule has 0 aromatic carbocycles. The number of imidazole rings is 1. The van der Waals surface area contributed by atoms with Crippen LogP contribution in [0.5, 0.6) is 0 Å². The standard InChI is InChI=1S/C9H13N3O/c1-7(2)4-10-9(13)8-5-12(3)6-11-8/h5-6H,1,4H2,2-3H3,(H,10,13). The number of carbonyl (C=O) groups is 1. The monoisotopic (exact) mass is 179 g/mol. The first-order valence-corrected chi connectivity index (χ1v) is 4.00. The van der Waals surface area contributed by atoms with Crippen LogP contribution < -0.4 is 5.32 Å². The minimum absolute atomic E-state index is 0.163. The fourth-order valence-electron chi connectivity index (χ4n) is 0.852. The minimum Gasteiger partial charge on any atom is -0.347 e. The summed E-state index contributed by atoms with van der Waals surface area (Å²) in [5.41, 5.74) is 1.35. The SMILES string of the molecule is C=C(C)CNC(=O)c1cn(C)cn1. The highest BCUT2D eigenvalue weighted by Crippen LogP contribution is 1.93. The maximum absolute atomic E-state index is 11.3. The number of hydrogen-bond donors (Lipinski definition) is 1. The number of amides is 1. The van der Waals surface area contributed by atoms with E-state index in [1.807, 2.05) is 14.0 Å². The lowest BCUT2D eigenvalue weighted by molar-refractivity contribution is 0.0952. The summed E-state index contributed by atoms with van der Waals surface area (Å²) >= 11 is 0. The Kier molecular flexibility index (Phi) is 2.84. The van der Waals surface area contributed by atoms with Crippen molar-refractivity contribution in [3.8, 4) is 0 Å². The fraction of sp³-hybridized carbons (Fsp3) is 0.333. The van der Waals surface area contributed by atoms with Crippen molar-refractivity contribution in [1.29, 1.82) is 0 Å². The summed E-state index contributed by atoms with van der Waals surface area (Å²) in [6.45, 7) is 6.04. The number of rotatable bonds is 3. The third-order valence-electron chi connectivity index (χ3n) is 1.49. The van der Waals surface area contributed by atoms with Crippen molar-refractivity contribution < 1.29 is 4.79 Å². The van der Waals surface area contributed by atoms with Gasteiger partial charge in [0.15, 0.2) is 0 Å². The molecule has 1 rings (SSSR count). The van der Waals surface area contributed by atoms with Gasteiger partial charge < -0.3 is 9.88 Å². The van der Waals surface area contributed by atoms with E-state index in [0.717, 1.165) is 5.57 Å². The quantitative estimate of drug-likeness (QED) is 0.695. The molecule has 1 heterocycles. The lowest BCUT2D eigenvalue weighted by Gasteiger charge is -2.00. The van der Waals surface area contributed by atoms with Gasteiger partial charge in [0.25, 0.3) is 5.91 Å². The van der Waals surface area contributed by atoms with Gasteiger partial charge >= 0.3 is 0 Å². The van der Waals surface area contributed by atoms with Gasteiger partial charge in [-0.1, -0.05) is 12.2 Å². The first-order chi connectivity index (χ1) is 6.09. The van der Waals surface area contributed by atoms with Gasteiger partial charge in [-0.15, -0.1) is 0 Å². The molecule has 4 heteroatoms. The topological polar surface area (TPSA) is 46.9 Å². The predicted octanol–water partition coefficient (Wildman–Crippen LogP) is 0.726. The van der Waals surface area contributed by atoms with Gasteiger partial charge in [-0.25, -0.2) is 4.98 Å². The van der Waals surface area contributed by atoms with Crippen LogP contribution >= 0.6 is 0 Å². The molecule has 0 saturated heterocycles.